The molecule has 870 valence electrons. The Morgan fingerprint density at radius 2 is 0.836 bits per heavy atom. The van der Waals surface area contributed by atoms with Gasteiger partial charge in [0.25, 0.3) is 0 Å². The molecule has 3 aliphatic rings. The molecular formula is C134H268N6O5S. The van der Waals surface area contributed by atoms with Crippen LogP contribution in [0.3, 0.4) is 0 Å². The number of ketones is 3. The number of aliphatic imine (C=N–C) groups is 2. The van der Waals surface area contributed by atoms with Gasteiger partial charge in [-0.15, -0.1) is 0 Å². The van der Waals surface area contributed by atoms with E-state index in [1.165, 1.54) is 142 Å². The number of unbranched alkanes of at least 4 members (excludes halogenated alkanes) is 2. The van der Waals surface area contributed by atoms with E-state index in [-0.39, 0.29) is 17.8 Å². The quantitative estimate of drug-likeness (QED) is 0.0211. The van der Waals surface area contributed by atoms with Crippen LogP contribution in [0.2, 0.25) is 0 Å². The van der Waals surface area contributed by atoms with E-state index in [2.05, 4.69) is 410 Å². The van der Waals surface area contributed by atoms with E-state index in [0.29, 0.717) is 53.4 Å². The number of carbonyl (C=O) groups excluding carboxylic acids is 4. The van der Waals surface area contributed by atoms with Crippen LogP contribution in [0, 0.1) is 137 Å². The minimum absolute atomic E-state index is 0.148. The summed E-state index contributed by atoms with van der Waals surface area (Å²) >= 11 is 1.93. The molecule has 4 unspecified atom stereocenters. The number of amides is 1. The molecule has 12 heteroatoms. The fourth-order valence-corrected chi connectivity index (χ4v) is 12.7. The number of allylic oxidation sites excluding steroid dienone is 2. The van der Waals surface area contributed by atoms with Gasteiger partial charge >= 0.3 is 0 Å². The minimum Gasteiger partial charge on any atom is -0.393 e. The second kappa shape index (κ2) is 119. The van der Waals surface area contributed by atoms with Crippen LogP contribution in [-0.4, -0.2) is 84.2 Å². The molecule has 0 bridgehead atoms. The van der Waals surface area contributed by atoms with Gasteiger partial charge in [-0.1, -0.05) is 462 Å². The van der Waals surface area contributed by atoms with Gasteiger partial charge in [0.15, 0.2) is 0 Å². The Morgan fingerprint density at radius 3 is 1.07 bits per heavy atom. The Labute approximate surface area is 923 Å². The summed E-state index contributed by atoms with van der Waals surface area (Å²) in [6, 6.07) is 28.9. The molecular weight excluding hydrogens is 1810 g/mol. The predicted molar refractivity (Wildman–Crippen MR) is 675 cm³/mol. The van der Waals surface area contributed by atoms with E-state index in [9.17, 15) is 19.2 Å². The molecule has 0 aliphatic carbocycles. The summed E-state index contributed by atoms with van der Waals surface area (Å²) in [5, 5.41) is 15.5. The van der Waals surface area contributed by atoms with Gasteiger partial charge in [0.1, 0.15) is 17.3 Å². The third-order valence-electron chi connectivity index (χ3n) is 22.9. The topological polar surface area (TPSA) is 189 Å². The fraction of sp³-hybridized carbons (Fsp3) is 0.806. The molecule has 3 heterocycles. The van der Waals surface area contributed by atoms with Crippen molar-refractivity contribution in [2.24, 2.45) is 152 Å². The van der Waals surface area contributed by atoms with Gasteiger partial charge in [0.2, 0.25) is 5.91 Å². The predicted octanol–water partition coefficient (Wildman–Crippen LogP) is 41.2. The van der Waals surface area contributed by atoms with E-state index in [0.717, 1.165) is 177 Å². The van der Waals surface area contributed by atoms with Crippen molar-refractivity contribution < 1.29 is 24.3 Å². The van der Waals surface area contributed by atoms with E-state index >= 15 is 0 Å². The maximum Gasteiger partial charge on any atom is 0.217 e. The number of nitrogens with one attached hydrogen (secondary N) is 2. The molecule has 0 radical (unpaired) electrons. The molecule has 3 aromatic carbocycles. The van der Waals surface area contributed by atoms with Crippen LogP contribution < -0.4 is 22.1 Å². The zero-order chi connectivity index (χ0) is 117. The second-order valence-corrected chi connectivity index (χ2v) is 51.0. The van der Waals surface area contributed by atoms with Gasteiger partial charge in [-0.25, -0.2) is 0 Å². The van der Waals surface area contributed by atoms with Crippen molar-refractivity contribution in [1.82, 2.24) is 5.32 Å². The van der Waals surface area contributed by atoms with Crippen LogP contribution in [0.4, 0.5) is 5.69 Å². The number of primary amides is 1. The van der Waals surface area contributed by atoms with Crippen molar-refractivity contribution in [2.45, 2.75) is 546 Å². The van der Waals surface area contributed by atoms with Crippen LogP contribution >= 0.6 is 11.8 Å². The number of nitrogens with two attached hydrogens (primary N) is 2. The summed E-state index contributed by atoms with van der Waals surface area (Å²) < 4.78 is 0. The molecule has 7 N–H and O–H groups in total. The lowest BCUT2D eigenvalue weighted by molar-refractivity contribution is -0.119. The molecule has 0 saturated carbocycles. The van der Waals surface area contributed by atoms with E-state index in [1.54, 1.807) is 27.7 Å². The van der Waals surface area contributed by atoms with Gasteiger partial charge in [0, 0.05) is 74.8 Å². The van der Waals surface area contributed by atoms with Crippen LogP contribution in [0.5, 0.6) is 0 Å². The smallest absolute Gasteiger partial charge is 0.217 e. The zero-order valence-electron chi connectivity index (χ0n) is 109. The van der Waals surface area contributed by atoms with Crippen LogP contribution in [-0.2, 0) is 32.0 Å². The minimum atomic E-state index is -0.213. The van der Waals surface area contributed by atoms with E-state index < -0.39 is 0 Å². The average Bonchev–Trinajstić information content (AvgIpc) is 1.69. The Kier molecular flexibility index (Phi) is 137. The number of hydrogen-bond donors (Lipinski definition) is 5. The summed E-state index contributed by atoms with van der Waals surface area (Å²) in [7, 11) is 0. The number of para-hydroxylation sites is 1. The number of benzene rings is 3. The molecule has 3 aliphatic heterocycles. The van der Waals surface area contributed by atoms with E-state index in [1.807, 2.05) is 66.4 Å². The molecule has 0 spiro atoms. The average molecular weight is 2080 g/mol. The summed E-state index contributed by atoms with van der Waals surface area (Å²) in [6.07, 6.45) is 34.3. The highest BCUT2D eigenvalue weighted by Gasteiger charge is 2.22. The van der Waals surface area contributed by atoms with Gasteiger partial charge in [-0.2, -0.15) is 11.8 Å². The van der Waals surface area contributed by atoms with Crippen molar-refractivity contribution in [3.05, 3.63) is 113 Å². The first kappa shape index (κ1) is 169. The zero-order valence-corrected chi connectivity index (χ0v) is 110. The summed E-state index contributed by atoms with van der Waals surface area (Å²) in [6.45, 7) is 120. The number of nitrogens with zero attached hydrogens (tertiary/aromatic N) is 2. The number of rotatable bonds is 38. The van der Waals surface area contributed by atoms with Crippen molar-refractivity contribution in [3.63, 3.8) is 0 Å². The number of aliphatic hydroxyl groups excluding tert-OH is 1. The SMILES string of the molecule is CC(=O)CC(C)C.CC(=O)CCC(C)C.CC(=O)CCC(C)C.CC(C)C.CC(C)C(C)C.CC(C)C(C)O.CC(C)C1CCCN1.CC(C)CC(C)C.CC(C)CC(N)=O.CC(C)CC1=CCC=N1.CC(C)CC1CNc2ccccc21.CC(C)Cc1ccccc1.CC(N)=NCCCC(C)C.CCC(C)C.CCC(C)C.CCC(C)C(C)C.CCCCCC(C)C.CSCCC(C)C.Cc1ccc(CC(C)C)cc1. The lowest BCUT2D eigenvalue weighted by Gasteiger charge is -2.12. The molecule has 6 rings (SSSR count). The monoisotopic (exact) mass is 2070 g/mol. The summed E-state index contributed by atoms with van der Waals surface area (Å²) in [5.74, 6) is 20.4. The highest BCUT2D eigenvalue weighted by atomic mass is 32.2. The standard InChI is InChI=1S/C12H17N.C11H16.C10H14.C8H18N2.C8H13N.C8H18.C7H15N.2C7H14O.2C7H16.C6H12O.C6H14S.C6H14.C5H11NO.C5H12O.2C5H12.C4H10/c1-9(2)7-10-8-13-12-6-4-3-5-11(10)12;1-9(2)8-11-6-4-10(3)5-7-11;1-9(2)8-10-6-4-3-5-7-10;1-7(2)5-4-6-10-8(3)9;1-7(2)6-8-4-3-5-9-8;1-4-5-6-7-8(2)3;1-6(2)7-4-3-5-8-7;2*1-6(2)4-5-7(3)8;1-6(2)5-7(3)4;1-5-7(4)6(2)3;1-5(2)4-6(3)7;1-6(2)4-5-7-3;1-5(2)6(3)4;1-4(2)3-5(6)7;1-4(2)5(3)6;2*1-4-5(2)3;1-4(2)3/h3-6,9-10,13H,7-8H2,1-2H3;4-7,9H,8H2,1-3H3;3-7,9H,8H2,1-2H3;7H,4-6H2,1-3H3,(H2,9,10);4-5,7H,3,6H2,1-2H3;8H,4-7H2,1-3H3;6-8H,3-5H2,1-2H3;2*6H,4-5H2,1-3H3;2*6-7H,5H2,1-4H3;5H,4H2,1-3H3;6H,4-5H2,1-3H3;5-6H,1-4H3;4H,3H2,1-2H3,(H2,6,7);4-6H,1-3H3;2*5H,4H2,1-3H3;4H,1-3H3. The first-order valence-corrected chi connectivity index (χ1v) is 60.8. The van der Waals surface area contributed by atoms with Crippen molar-refractivity contribution in [2.75, 3.05) is 37.0 Å². The largest absolute Gasteiger partial charge is 0.393 e. The summed E-state index contributed by atoms with van der Waals surface area (Å²) in [4.78, 5) is 49.3. The van der Waals surface area contributed by atoms with Gasteiger partial charge in [-0.3, -0.25) is 14.8 Å². The first-order valence-electron chi connectivity index (χ1n) is 59.4. The van der Waals surface area contributed by atoms with Crippen molar-refractivity contribution >= 4 is 52.8 Å². The highest BCUT2D eigenvalue weighted by Crippen LogP contribution is 2.35. The third-order valence-corrected chi connectivity index (χ3v) is 23.5. The number of anilines is 1. The molecule has 1 fully saturated rings. The Hall–Kier alpha value is -4.91. The Balaban J connectivity index is -0.000000117. The molecule has 146 heavy (non-hydrogen) atoms. The van der Waals surface area contributed by atoms with E-state index in [4.69, 9.17) is 16.6 Å². The highest BCUT2D eigenvalue weighted by molar-refractivity contribution is 7.98. The molecule has 3 aromatic rings. The lowest BCUT2D eigenvalue weighted by Crippen LogP contribution is -2.26. The fourth-order valence-electron chi connectivity index (χ4n) is 12.0. The maximum atomic E-state index is 10.3. The molecule has 11 nitrogen and oxygen atoms in total. The van der Waals surface area contributed by atoms with Crippen molar-refractivity contribution in [1.29, 1.82) is 0 Å². The summed E-state index contributed by atoms with van der Waals surface area (Å²) in [5.41, 5.74) is 18.6. The van der Waals surface area contributed by atoms with Crippen LogP contribution in [0.15, 0.2) is 101 Å². The Bertz CT molecular complexity index is 3130. The number of aryl methyl sites for hydroxylation is 1. The number of thioether (sulfide) groups is 1. The molecule has 1 saturated heterocycles. The molecule has 4 atom stereocenters. The number of hydrogen-bond acceptors (Lipinski definition) is 10. The molecule has 1 amide bonds. The number of carbonyl (C=O) groups is 4. The first-order chi connectivity index (χ1) is 67.4. The van der Waals surface area contributed by atoms with Gasteiger partial charge < -0.3 is 41.6 Å². The number of fused-ring (bicyclic) bond motifs is 1. The maximum absolute atomic E-state index is 10.3. The van der Waals surface area contributed by atoms with Crippen LogP contribution in [0.25, 0.3) is 0 Å². The Morgan fingerprint density at radius 1 is 0.438 bits per heavy atom. The number of aliphatic hydroxyl groups is 1. The van der Waals surface area contributed by atoms with Gasteiger partial charge in [-0.05, 0) is 290 Å². The number of amidine groups is 1. The molecule has 0 aromatic heterocycles. The third kappa shape index (κ3) is 175. The second-order valence-electron chi connectivity index (χ2n) is 50.0. The normalized spacial score (nSPS) is 13.2. The lowest BCUT2D eigenvalue weighted by atomic mass is 9.92. The van der Waals surface area contributed by atoms with Crippen molar-refractivity contribution in [3.8, 4) is 0 Å². The van der Waals surface area contributed by atoms with Crippen LogP contribution in [0.1, 0.15) is 536 Å². The number of Topliss-reactive ketones (excluding diaryl/α,β-unsaturated/α-hetero) is 3. The van der Waals surface area contributed by atoms with Gasteiger partial charge in [0.05, 0.1) is 11.9 Å².